The Morgan fingerprint density at radius 3 is 2.67 bits per heavy atom. The van der Waals surface area contributed by atoms with Crippen molar-refractivity contribution in [2.24, 2.45) is 5.73 Å². The fourth-order valence-electron chi connectivity index (χ4n) is 2.64. The van der Waals surface area contributed by atoms with E-state index in [9.17, 15) is 4.79 Å². The van der Waals surface area contributed by atoms with Gasteiger partial charge < -0.3 is 15.4 Å². The molecule has 0 aliphatic carbocycles. The van der Waals surface area contributed by atoms with E-state index in [1.807, 2.05) is 31.2 Å². The number of halogens is 1. The second kappa shape index (κ2) is 6.90. The molecule has 1 heterocycles. The number of likely N-dealkylation sites (N-methyl/N-ethyl adjacent to an activating group) is 1. The predicted molar refractivity (Wildman–Crippen MR) is 86.9 cm³/mol. The number of carbonyl (C=O) groups excluding carboxylic acids is 1. The molecule has 2 rings (SSSR count). The van der Waals surface area contributed by atoms with E-state index >= 15 is 0 Å². The molecule has 0 spiro atoms. The molecular formula is C16H23BrN2O2. The Bertz CT molecular complexity index is 482. The Kier molecular flexibility index (Phi) is 5.41. The molecule has 1 aliphatic rings. The Hall–Kier alpha value is -0.910. The highest BCUT2D eigenvalue weighted by Crippen LogP contribution is 2.24. The van der Waals surface area contributed by atoms with E-state index in [1.165, 1.54) is 0 Å². The van der Waals surface area contributed by atoms with Crippen molar-refractivity contribution in [2.75, 3.05) is 19.7 Å². The zero-order valence-electron chi connectivity index (χ0n) is 12.6. The maximum atomic E-state index is 12.8. The number of carbonyl (C=O) groups is 1. The molecule has 116 valence electrons. The summed E-state index contributed by atoms with van der Waals surface area (Å²) < 4.78 is 6.60. The first kappa shape index (κ1) is 16.5. The molecule has 2 unspecified atom stereocenters. The Morgan fingerprint density at radius 1 is 1.48 bits per heavy atom. The Morgan fingerprint density at radius 2 is 2.14 bits per heavy atom. The number of ether oxygens (including phenoxy) is 1. The van der Waals surface area contributed by atoms with Crippen LogP contribution in [0.4, 0.5) is 0 Å². The number of rotatable bonds is 5. The van der Waals surface area contributed by atoms with Gasteiger partial charge in [-0.3, -0.25) is 4.79 Å². The SMILES string of the molecule is CCN(CC1CCCO1)C(=O)C(C)(N)c1ccc(Br)cc1. The van der Waals surface area contributed by atoms with Crippen LogP contribution in [0.5, 0.6) is 0 Å². The second-order valence-electron chi connectivity index (χ2n) is 5.69. The number of hydrogen-bond donors (Lipinski definition) is 1. The highest BCUT2D eigenvalue weighted by Gasteiger charge is 2.35. The zero-order chi connectivity index (χ0) is 15.5. The van der Waals surface area contributed by atoms with E-state index in [2.05, 4.69) is 15.9 Å². The summed E-state index contributed by atoms with van der Waals surface area (Å²) >= 11 is 3.40. The molecule has 0 saturated carbocycles. The minimum atomic E-state index is -1.02. The van der Waals surface area contributed by atoms with Crippen LogP contribution < -0.4 is 5.73 Å². The second-order valence-corrected chi connectivity index (χ2v) is 6.60. The van der Waals surface area contributed by atoms with Gasteiger partial charge in [0.1, 0.15) is 5.54 Å². The van der Waals surface area contributed by atoms with Crippen LogP contribution in [0.25, 0.3) is 0 Å². The first-order chi connectivity index (χ1) is 9.95. The van der Waals surface area contributed by atoms with Gasteiger partial charge in [-0.05, 0) is 44.4 Å². The molecule has 0 aromatic heterocycles. The lowest BCUT2D eigenvalue weighted by Crippen LogP contribution is -2.52. The smallest absolute Gasteiger partial charge is 0.247 e. The summed E-state index contributed by atoms with van der Waals surface area (Å²) in [5, 5.41) is 0. The van der Waals surface area contributed by atoms with Crippen molar-refractivity contribution < 1.29 is 9.53 Å². The van der Waals surface area contributed by atoms with Crippen molar-refractivity contribution >= 4 is 21.8 Å². The number of amides is 1. The first-order valence-electron chi connectivity index (χ1n) is 7.41. The summed E-state index contributed by atoms with van der Waals surface area (Å²) in [7, 11) is 0. The van der Waals surface area contributed by atoms with Gasteiger partial charge in [-0.2, -0.15) is 0 Å². The van der Waals surface area contributed by atoms with Gasteiger partial charge in [0.05, 0.1) is 6.10 Å². The van der Waals surface area contributed by atoms with Crippen molar-refractivity contribution in [1.29, 1.82) is 0 Å². The van der Waals surface area contributed by atoms with Crippen LogP contribution in [0.15, 0.2) is 28.7 Å². The third-order valence-electron chi connectivity index (χ3n) is 4.01. The number of benzene rings is 1. The summed E-state index contributed by atoms with van der Waals surface area (Å²) in [5.74, 6) is -0.0529. The maximum Gasteiger partial charge on any atom is 0.247 e. The fraction of sp³-hybridized carbons (Fsp3) is 0.562. The van der Waals surface area contributed by atoms with E-state index < -0.39 is 5.54 Å². The molecule has 0 bridgehead atoms. The van der Waals surface area contributed by atoms with Crippen LogP contribution in [0, 0.1) is 0 Å². The van der Waals surface area contributed by atoms with Gasteiger partial charge >= 0.3 is 0 Å². The summed E-state index contributed by atoms with van der Waals surface area (Å²) in [6.45, 7) is 5.81. The van der Waals surface area contributed by atoms with Gasteiger partial charge in [0, 0.05) is 24.2 Å². The monoisotopic (exact) mass is 354 g/mol. The largest absolute Gasteiger partial charge is 0.376 e. The van der Waals surface area contributed by atoms with E-state index in [4.69, 9.17) is 10.5 Å². The van der Waals surface area contributed by atoms with Gasteiger partial charge in [-0.1, -0.05) is 28.1 Å². The van der Waals surface area contributed by atoms with Crippen LogP contribution in [-0.4, -0.2) is 36.6 Å². The van der Waals surface area contributed by atoms with Gasteiger partial charge in [-0.25, -0.2) is 0 Å². The molecule has 1 aromatic rings. The third kappa shape index (κ3) is 3.84. The van der Waals surface area contributed by atoms with Crippen LogP contribution in [-0.2, 0) is 15.1 Å². The van der Waals surface area contributed by atoms with Crippen molar-refractivity contribution in [3.63, 3.8) is 0 Å². The number of nitrogens with zero attached hydrogens (tertiary/aromatic N) is 1. The normalized spacial score (nSPS) is 21.0. The number of hydrogen-bond acceptors (Lipinski definition) is 3. The average molecular weight is 355 g/mol. The standard InChI is InChI=1S/C16H23BrN2O2/c1-3-19(11-14-5-4-10-21-14)15(20)16(2,18)12-6-8-13(17)9-7-12/h6-9,14H,3-5,10-11,18H2,1-2H3. The molecular weight excluding hydrogens is 332 g/mol. The number of nitrogens with two attached hydrogens (primary N) is 1. The molecule has 1 aromatic carbocycles. The van der Waals surface area contributed by atoms with Crippen LogP contribution in [0.1, 0.15) is 32.3 Å². The van der Waals surface area contributed by atoms with Crippen LogP contribution >= 0.6 is 15.9 Å². The van der Waals surface area contributed by atoms with Crippen molar-refractivity contribution in [3.8, 4) is 0 Å². The van der Waals surface area contributed by atoms with Crippen LogP contribution in [0.2, 0.25) is 0 Å². The minimum Gasteiger partial charge on any atom is -0.376 e. The highest BCUT2D eigenvalue weighted by atomic mass is 79.9. The maximum absolute atomic E-state index is 12.8. The molecule has 5 heteroatoms. The van der Waals surface area contributed by atoms with Gasteiger partial charge in [-0.15, -0.1) is 0 Å². The van der Waals surface area contributed by atoms with Crippen molar-refractivity contribution in [2.45, 2.75) is 38.3 Å². The molecule has 2 atom stereocenters. The predicted octanol–water partition coefficient (Wildman–Crippen LogP) is 2.65. The lowest BCUT2D eigenvalue weighted by Gasteiger charge is -2.32. The molecule has 1 saturated heterocycles. The molecule has 0 radical (unpaired) electrons. The first-order valence-corrected chi connectivity index (χ1v) is 8.20. The zero-order valence-corrected chi connectivity index (χ0v) is 14.2. The summed E-state index contributed by atoms with van der Waals surface area (Å²) in [6, 6.07) is 7.60. The Balaban J connectivity index is 2.12. The molecule has 4 nitrogen and oxygen atoms in total. The lowest BCUT2D eigenvalue weighted by atomic mass is 9.91. The van der Waals surface area contributed by atoms with E-state index in [0.717, 1.165) is 29.5 Å². The van der Waals surface area contributed by atoms with Gasteiger partial charge in [0.25, 0.3) is 0 Å². The highest BCUT2D eigenvalue weighted by molar-refractivity contribution is 9.10. The topological polar surface area (TPSA) is 55.6 Å². The minimum absolute atomic E-state index is 0.0529. The summed E-state index contributed by atoms with van der Waals surface area (Å²) in [4.78, 5) is 14.6. The van der Waals surface area contributed by atoms with Crippen molar-refractivity contribution in [3.05, 3.63) is 34.3 Å². The van der Waals surface area contributed by atoms with E-state index in [0.29, 0.717) is 13.1 Å². The summed E-state index contributed by atoms with van der Waals surface area (Å²) in [5.41, 5.74) is 6.14. The molecule has 21 heavy (non-hydrogen) atoms. The Labute approximate surface area is 134 Å². The van der Waals surface area contributed by atoms with Crippen molar-refractivity contribution in [1.82, 2.24) is 4.90 Å². The molecule has 2 N–H and O–H groups in total. The molecule has 1 fully saturated rings. The third-order valence-corrected chi connectivity index (χ3v) is 4.53. The average Bonchev–Trinajstić information content (AvgIpc) is 2.97. The lowest BCUT2D eigenvalue weighted by molar-refractivity contribution is -0.138. The summed E-state index contributed by atoms with van der Waals surface area (Å²) in [6.07, 6.45) is 2.24. The van der Waals surface area contributed by atoms with Gasteiger partial charge in [0.15, 0.2) is 0 Å². The fourth-order valence-corrected chi connectivity index (χ4v) is 2.90. The van der Waals surface area contributed by atoms with Gasteiger partial charge in [0.2, 0.25) is 5.91 Å². The quantitative estimate of drug-likeness (QED) is 0.884. The van der Waals surface area contributed by atoms with E-state index in [1.54, 1.807) is 11.8 Å². The molecule has 1 amide bonds. The molecule has 1 aliphatic heterocycles. The van der Waals surface area contributed by atoms with Crippen LogP contribution in [0.3, 0.4) is 0 Å². The van der Waals surface area contributed by atoms with E-state index in [-0.39, 0.29) is 12.0 Å².